The molecule has 0 aliphatic heterocycles. The van der Waals surface area contributed by atoms with Crippen LogP contribution in [-0.4, -0.2) is 15.9 Å². The average molecular weight is 303 g/mol. The third kappa shape index (κ3) is 3.47. The van der Waals surface area contributed by atoms with E-state index in [2.05, 4.69) is 41.3 Å². The molecule has 4 nitrogen and oxygen atoms in total. The van der Waals surface area contributed by atoms with E-state index < -0.39 is 0 Å². The SMILES string of the molecule is Cc1ccc(SCCc2nc(C3(N)CCCC3)no2)cc1. The lowest BCUT2D eigenvalue weighted by Gasteiger charge is -2.17. The number of thioether (sulfide) groups is 1. The van der Waals surface area contributed by atoms with Gasteiger partial charge in [-0.1, -0.05) is 35.7 Å². The number of nitrogens with two attached hydrogens (primary N) is 1. The van der Waals surface area contributed by atoms with Crippen molar-refractivity contribution in [2.75, 3.05) is 5.75 Å². The van der Waals surface area contributed by atoms with Crippen LogP contribution in [0.5, 0.6) is 0 Å². The number of benzene rings is 1. The fourth-order valence-electron chi connectivity index (χ4n) is 2.68. The van der Waals surface area contributed by atoms with Crippen molar-refractivity contribution >= 4 is 11.8 Å². The first-order valence-electron chi connectivity index (χ1n) is 7.47. The summed E-state index contributed by atoms with van der Waals surface area (Å²) in [6.45, 7) is 2.10. The van der Waals surface area contributed by atoms with Crippen molar-refractivity contribution in [3.8, 4) is 0 Å². The Kier molecular flexibility index (Phi) is 4.31. The molecule has 1 aliphatic carbocycles. The minimum atomic E-state index is -0.355. The number of aromatic nitrogens is 2. The molecule has 0 radical (unpaired) electrons. The highest BCUT2D eigenvalue weighted by atomic mass is 32.2. The lowest BCUT2D eigenvalue weighted by molar-refractivity contribution is 0.351. The number of hydrogen-bond donors (Lipinski definition) is 1. The smallest absolute Gasteiger partial charge is 0.227 e. The molecule has 1 heterocycles. The number of rotatable bonds is 5. The molecule has 1 aromatic carbocycles. The summed E-state index contributed by atoms with van der Waals surface area (Å²) < 4.78 is 5.34. The highest BCUT2D eigenvalue weighted by molar-refractivity contribution is 7.99. The van der Waals surface area contributed by atoms with Crippen LogP contribution in [0, 0.1) is 6.92 Å². The van der Waals surface area contributed by atoms with Gasteiger partial charge in [0.1, 0.15) is 0 Å². The van der Waals surface area contributed by atoms with Gasteiger partial charge in [-0.15, -0.1) is 11.8 Å². The Hall–Kier alpha value is -1.33. The van der Waals surface area contributed by atoms with E-state index in [1.165, 1.54) is 10.5 Å². The van der Waals surface area contributed by atoms with E-state index in [0.29, 0.717) is 11.7 Å². The monoisotopic (exact) mass is 303 g/mol. The van der Waals surface area contributed by atoms with Crippen molar-refractivity contribution in [1.82, 2.24) is 10.1 Å². The van der Waals surface area contributed by atoms with Gasteiger partial charge in [0, 0.05) is 17.1 Å². The molecule has 0 atom stereocenters. The Morgan fingerprint density at radius 2 is 1.95 bits per heavy atom. The molecule has 0 amide bonds. The summed E-state index contributed by atoms with van der Waals surface area (Å²) in [6, 6.07) is 8.55. The summed E-state index contributed by atoms with van der Waals surface area (Å²) in [5.41, 5.74) is 7.27. The second kappa shape index (κ2) is 6.20. The Morgan fingerprint density at radius 3 is 2.67 bits per heavy atom. The molecular weight excluding hydrogens is 282 g/mol. The lowest BCUT2D eigenvalue weighted by Crippen LogP contribution is -2.34. The number of aryl methyl sites for hydroxylation is 2. The van der Waals surface area contributed by atoms with Gasteiger partial charge in [0.15, 0.2) is 5.82 Å². The molecule has 2 aromatic rings. The first kappa shape index (κ1) is 14.6. The summed E-state index contributed by atoms with van der Waals surface area (Å²) >= 11 is 1.81. The van der Waals surface area contributed by atoms with Crippen molar-refractivity contribution in [2.24, 2.45) is 5.73 Å². The summed E-state index contributed by atoms with van der Waals surface area (Å²) in [4.78, 5) is 5.76. The van der Waals surface area contributed by atoms with Gasteiger partial charge in [-0.2, -0.15) is 4.98 Å². The van der Waals surface area contributed by atoms with Crippen molar-refractivity contribution < 1.29 is 4.52 Å². The second-order valence-electron chi connectivity index (χ2n) is 5.79. The standard InChI is InChI=1S/C16H21N3OS/c1-12-4-6-13(7-5-12)21-11-8-14-18-15(19-20-14)16(17)9-2-3-10-16/h4-7H,2-3,8-11,17H2,1H3. The van der Waals surface area contributed by atoms with Crippen molar-refractivity contribution in [3.63, 3.8) is 0 Å². The van der Waals surface area contributed by atoms with E-state index in [1.54, 1.807) is 11.8 Å². The second-order valence-corrected chi connectivity index (χ2v) is 6.95. The lowest BCUT2D eigenvalue weighted by atomic mass is 9.99. The molecule has 1 saturated carbocycles. The molecule has 1 aliphatic rings. The Bertz CT molecular complexity index is 588. The molecule has 1 aromatic heterocycles. The van der Waals surface area contributed by atoms with Gasteiger partial charge in [-0.3, -0.25) is 0 Å². The van der Waals surface area contributed by atoms with Gasteiger partial charge >= 0.3 is 0 Å². The highest BCUT2D eigenvalue weighted by Crippen LogP contribution is 2.34. The topological polar surface area (TPSA) is 64.9 Å². The van der Waals surface area contributed by atoms with E-state index in [1.807, 2.05) is 0 Å². The quantitative estimate of drug-likeness (QED) is 0.857. The first-order valence-corrected chi connectivity index (χ1v) is 8.46. The molecule has 0 bridgehead atoms. The van der Waals surface area contributed by atoms with Crippen LogP contribution >= 0.6 is 11.8 Å². The van der Waals surface area contributed by atoms with Gasteiger partial charge in [0.25, 0.3) is 0 Å². The van der Waals surface area contributed by atoms with E-state index in [4.69, 9.17) is 10.3 Å². The van der Waals surface area contributed by atoms with Crippen LogP contribution in [0.2, 0.25) is 0 Å². The Labute approximate surface area is 129 Å². The average Bonchev–Trinajstić information content (AvgIpc) is 3.11. The van der Waals surface area contributed by atoms with Crippen molar-refractivity contribution in [3.05, 3.63) is 41.5 Å². The minimum absolute atomic E-state index is 0.355. The number of hydrogen-bond acceptors (Lipinski definition) is 5. The van der Waals surface area contributed by atoms with Gasteiger partial charge < -0.3 is 10.3 Å². The molecule has 0 unspecified atom stereocenters. The molecule has 0 saturated heterocycles. The highest BCUT2D eigenvalue weighted by Gasteiger charge is 2.35. The predicted molar refractivity (Wildman–Crippen MR) is 84.2 cm³/mol. The van der Waals surface area contributed by atoms with Crippen LogP contribution in [0.15, 0.2) is 33.7 Å². The summed E-state index contributed by atoms with van der Waals surface area (Å²) in [6.07, 6.45) is 5.02. The third-order valence-electron chi connectivity index (χ3n) is 4.01. The molecule has 2 N–H and O–H groups in total. The van der Waals surface area contributed by atoms with Crippen LogP contribution in [0.25, 0.3) is 0 Å². The van der Waals surface area contributed by atoms with Crippen LogP contribution in [0.3, 0.4) is 0 Å². The third-order valence-corrected chi connectivity index (χ3v) is 5.03. The number of nitrogens with zero attached hydrogens (tertiary/aromatic N) is 2. The van der Waals surface area contributed by atoms with E-state index in [0.717, 1.165) is 37.9 Å². The summed E-state index contributed by atoms with van der Waals surface area (Å²) in [5, 5.41) is 4.09. The molecule has 0 spiro atoms. The zero-order chi connectivity index (χ0) is 14.7. The van der Waals surface area contributed by atoms with Crippen molar-refractivity contribution in [2.45, 2.75) is 49.5 Å². The van der Waals surface area contributed by atoms with Crippen LogP contribution in [0.4, 0.5) is 0 Å². The van der Waals surface area contributed by atoms with Crippen LogP contribution in [0.1, 0.15) is 43.0 Å². The van der Waals surface area contributed by atoms with Crippen LogP contribution < -0.4 is 5.73 Å². The molecular formula is C16H21N3OS. The molecule has 5 heteroatoms. The minimum Gasteiger partial charge on any atom is -0.339 e. The molecule has 1 fully saturated rings. The summed E-state index contributed by atoms with van der Waals surface area (Å²) in [5.74, 6) is 2.32. The predicted octanol–water partition coefficient (Wildman–Crippen LogP) is 3.44. The van der Waals surface area contributed by atoms with Crippen LogP contribution in [-0.2, 0) is 12.0 Å². The fourth-order valence-corrected chi connectivity index (χ4v) is 3.52. The molecule has 112 valence electrons. The maximum atomic E-state index is 6.34. The molecule has 21 heavy (non-hydrogen) atoms. The molecule has 3 rings (SSSR count). The van der Waals surface area contributed by atoms with Gasteiger partial charge in [-0.25, -0.2) is 0 Å². The van der Waals surface area contributed by atoms with E-state index >= 15 is 0 Å². The van der Waals surface area contributed by atoms with E-state index in [-0.39, 0.29) is 5.54 Å². The normalized spacial score (nSPS) is 17.2. The first-order chi connectivity index (χ1) is 10.2. The maximum absolute atomic E-state index is 6.34. The van der Waals surface area contributed by atoms with Crippen molar-refractivity contribution in [1.29, 1.82) is 0 Å². The van der Waals surface area contributed by atoms with E-state index in [9.17, 15) is 0 Å². The maximum Gasteiger partial charge on any atom is 0.227 e. The summed E-state index contributed by atoms with van der Waals surface area (Å²) in [7, 11) is 0. The zero-order valence-electron chi connectivity index (χ0n) is 12.3. The largest absolute Gasteiger partial charge is 0.339 e. The fraction of sp³-hybridized carbons (Fsp3) is 0.500. The Balaban J connectivity index is 1.54. The zero-order valence-corrected chi connectivity index (χ0v) is 13.2. The van der Waals surface area contributed by atoms with Gasteiger partial charge in [0.2, 0.25) is 5.89 Å². The van der Waals surface area contributed by atoms with Gasteiger partial charge in [0.05, 0.1) is 5.54 Å². The van der Waals surface area contributed by atoms with Gasteiger partial charge in [-0.05, 0) is 31.9 Å². The Morgan fingerprint density at radius 1 is 1.24 bits per heavy atom.